The number of nitrogens with one attached hydrogen (secondary N) is 1. The molecule has 104 valence electrons. The lowest BCUT2D eigenvalue weighted by molar-refractivity contribution is 0.0789. The van der Waals surface area contributed by atoms with Gasteiger partial charge in [-0.15, -0.1) is 0 Å². The lowest BCUT2D eigenvalue weighted by atomic mass is 10.1. The van der Waals surface area contributed by atoms with Gasteiger partial charge in [0.2, 0.25) is 0 Å². The van der Waals surface area contributed by atoms with Gasteiger partial charge in [0, 0.05) is 37.1 Å². The van der Waals surface area contributed by atoms with E-state index in [9.17, 15) is 4.79 Å². The first-order chi connectivity index (χ1) is 9.65. The maximum Gasteiger partial charge on any atom is 0.257 e. The molecule has 3 rings (SSSR count). The van der Waals surface area contributed by atoms with Crippen LogP contribution < -0.4 is 0 Å². The Morgan fingerprint density at radius 1 is 1.35 bits per heavy atom. The van der Waals surface area contributed by atoms with Crippen LogP contribution in [0, 0.1) is 13.8 Å². The molecular weight excluding hydrogens is 254 g/mol. The van der Waals surface area contributed by atoms with Crippen LogP contribution in [0.5, 0.6) is 0 Å². The molecule has 0 aliphatic carbocycles. The van der Waals surface area contributed by atoms with E-state index in [0.29, 0.717) is 12.1 Å². The molecule has 1 N–H and O–H groups in total. The molecule has 3 heterocycles. The number of rotatable bonds is 2. The highest BCUT2D eigenvalue weighted by atomic mass is 16.2. The molecule has 1 aliphatic rings. The van der Waals surface area contributed by atoms with E-state index in [1.165, 1.54) is 6.33 Å². The number of H-pyrrole nitrogens is 1. The largest absolute Gasteiger partial charge is 0.346 e. The molecule has 0 bridgehead atoms. The standard InChI is InChI=1S/C14H17N5O/c1-9-5-16-13(18-9)11-3-4-19(7-11)14(20)12-6-15-8-17-10(12)2/h5-6,8,11H,3-4,7H2,1-2H3,(H,16,18). The molecule has 2 aromatic heterocycles. The van der Waals surface area contributed by atoms with E-state index in [0.717, 1.165) is 30.2 Å². The van der Waals surface area contributed by atoms with Crippen LogP contribution in [0.25, 0.3) is 0 Å². The fourth-order valence-corrected chi connectivity index (χ4v) is 2.58. The number of amides is 1. The summed E-state index contributed by atoms with van der Waals surface area (Å²) in [5.41, 5.74) is 2.36. The molecule has 1 atom stereocenters. The van der Waals surface area contributed by atoms with Crippen LogP contribution in [0.2, 0.25) is 0 Å². The number of aromatic nitrogens is 4. The van der Waals surface area contributed by atoms with Crippen molar-refractivity contribution >= 4 is 5.91 Å². The fourth-order valence-electron chi connectivity index (χ4n) is 2.58. The minimum Gasteiger partial charge on any atom is -0.346 e. The molecule has 2 aromatic rings. The number of imidazole rings is 1. The van der Waals surface area contributed by atoms with Crippen molar-refractivity contribution < 1.29 is 4.79 Å². The normalized spacial score (nSPS) is 18.5. The van der Waals surface area contributed by atoms with E-state index in [4.69, 9.17) is 0 Å². The van der Waals surface area contributed by atoms with Gasteiger partial charge in [-0.25, -0.2) is 15.0 Å². The Labute approximate surface area is 117 Å². The van der Waals surface area contributed by atoms with E-state index in [1.54, 1.807) is 6.20 Å². The van der Waals surface area contributed by atoms with Gasteiger partial charge < -0.3 is 9.88 Å². The molecule has 1 amide bonds. The number of nitrogens with zero attached hydrogens (tertiary/aromatic N) is 4. The molecule has 1 fully saturated rings. The Kier molecular flexibility index (Phi) is 3.22. The van der Waals surface area contributed by atoms with Crippen molar-refractivity contribution in [1.82, 2.24) is 24.8 Å². The first kappa shape index (κ1) is 12.8. The molecule has 6 nitrogen and oxygen atoms in total. The number of carbonyl (C=O) groups is 1. The van der Waals surface area contributed by atoms with E-state index < -0.39 is 0 Å². The Morgan fingerprint density at radius 3 is 2.90 bits per heavy atom. The fraction of sp³-hybridized carbons (Fsp3) is 0.429. The summed E-state index contributed by atoms with van der Waals surface area (Å²) in [6.45, 7) is 5.26. The molecular formula is C14H17N5O. The molecule has 1 unspecified atom stereocenters. The Bertz CT molecular complexity index is 636. The maximum atomic E-state index is 12.5. The summed E-state index contributed by atoms with van der Waals surface area (Å²) in [7, 11) is 0. The van der Waals surface area contributed by atoms with Gasteiger partial charge in [-0.2, -0.15) is 0 Å². The highest BCUT2D eigenvalue weighted by molar-refractivity contribution is 5.95. The zero-order valence-electron chi connectivity index (χ0n) is 11.6. The number of carbonyl (C=O) groups excluding carboxylic acids is 1. The second kappa shape index (κ2) is 5.03. The van der Waals surface area contributed by atoms with Gasteiger partial charge in [0.25, 0.3) is 5.91 Å². The molecule has 0 saturated carbocycles. The van der Waals surface area contributed by atoms with Crippen molar-refractivity contribution in [3.63, 3.8) is 0 Å². The van der Waals surface area contributed by atoms with Crippen molar-refractivity contribution in [2.24, 2.45) is 0 Å². The molecule has 0 spiro atoms. The highest BCUT2D eigenvalue weighted by Crippen LogP contribution is 2.26. The zero-order chi connectivity index (χ0) is 14.1. The van der Waals surface area contributed by atoms with Crippen LogP contribution in [0.3, 0.4) is 0 Å². The van der Waals surface area contributed by atoms with Crippen molar-refractivity contribution in [3.8, 4) is 0 Å². The Hall–Kier alpha value is -2.24. The lowest BCUT2D eigenvalue weighted by Crippen LogP contribution is -2.29. The van der Waals surface area contributed by atoms with E-state index in [-0.39, 0.29) is 11.8 Å². The van der Waals surface area contributed by atoms with Crippen LogP contribution in [0.4, 0.5) is 0 Å². The summed E-state index contributed by atoms with van der Waals surface area (Å²) in [6.07, 6.45) is 5.82. The summed E-state index contributed by atoms with van der Waals surface area (Å²) in [4.78, 5) is 30.0. The molecule has 0 aromatic carbocycles. The van der Waals surface area contributed by atoms with Gasteiger partial charge in [-0.3, -0.25) is 4.79 Å². The molecule has 0 radical (unpaired) electrons. The number of likely N-dealkylation sites (tertiary alicyclic amines) is 1. The summed E-state index contributed by atoms with van der Waals surface area (Å²) in [6, 6.07) is 0. The number of hydrogen-bond donors (Lipinski definition) is 1. The Balaban J connectivity index is 1.74. The smallest absolute Gasteiger partial charge is 0.257 e. The molecule has 6 heteroatoms. The molecule has 1 aliphatic heterocycles. The highest BCUT2D eigenvalue weighted by Gasteiger charge is 2.30. The predicted molar refractivity (Wildman–Crippen MR) is 73.4 cm³/mol. The van der Waals surface area contributed by atoms with E-state index >= 15 is 0 Å². The first-order valence-electron chi connectivity index (χ1n) is 6.72. The van der Waals surface area contributed by atoms with Crippen molar-refractivity contribution in [2.75, 3.05) is 13.1 Å². The van der Waals surface area contributed by atoms with Gasteiger partial charge in [0.15, 0.2) is 0 Å². The van der Waals surface area contributed by atoms with Crippen LogP contribution >= 0.6 is 0 Å². The van der Waals surface area contributed by atoms with Gasteiger partial charge in [-0.1, -0.05) is 0 Å². The van der Waals surface area contributed by atoms with Gasteiger partial charge in [0.1, 0.15) is 12.2 Å². The second-order valence-electron chi connectivity index (χ2n) is 5.21. The summed E-state index contributed by atoms with van der Waals surface area (Å²) in [5, 5.41) is 0. The third kappa shape index (κ3) is 2.29. The van der Waals surface area contributed by atoms with Crippen molar-refractivity contribution in [2.45, 2.75) is 26.2 Å². The van der Waals surface area contributed by atoms with Crippen LogP contribution in [0.15, 0.2) is 18.7 Å². The van der Waals surface area contributed by atoms with Crippen LogP contribution in [0.1, 0.15) is 39.9 Å². The SMILES string of the molecule is Cc1cnc(C2CCN(C(=O)c3cncnc3C)C2)[nH]1. The first-order valence-corrected chi connectivity index (χ1v) is 6.72. The third-order valence-electron chi connectivity index (χ3n) is 3.73. The summed E-state index contributed by atoms with van der Waals surface area (Å²) < 4.78 is 0. The molecule has 20 heavy (non-hydrogen) atoms. The zero-order valence-corrected chi connectivity index (χ0v) is 11.6. The number of hydrogen-bond acceptors (Lipinski definition) is 4. The monoisotopic (exact) mass is 271 g/mol. The van der Waals surface area contributed by atoms with Crippen molar-refractivity contribution in [1.29, 1.82) is 0 Å². The Morgan fingerprint density at radius 2 is 2.20 bits per heavy atom. The predicted octanol–water partition coefficient (Wildman–Crippen LogP) is 1.45. The topological polar surface area (TPSA) is 74.8 Å². The summed E-state index contributed by atoms with van der Waals surface area (Å²) >= 11 is 0. The number of aromatic amines is 1. The lowest BCUT2D eigenvalue weighted by Gasteiger charge is -2.16. The summed E-state index contributed by atoms with van der Waals surface area (Å²) in [5.74, 6) is 1.27. The average molecular weight is 271 g/mol. The van der Waals surface area contributed by atoms with Crippen molar-refractivity contribution in [3.05, 3.63) is 41.5 Å². The van der Waals surface area contributed by atoms with Gasteiger partial charge in [0.05, 0.1) is 11.3 Å². The number of aryl methyl sites for hydroxylation is 2. The van der Waals surface area contributed by atoms with Crippen LogP contribution in [-0.4, -0.2) is 43.8 Å². The third-order valence-corrected chi connectivity index (χ3v) is 3.73. The average Bonchev–Trinajstić information content (AvgIpc) is 3.07. The van der Waals surface area contributed by atoms with E-state index in [1.807, 2.05) is 24.9 Å². The minimum absolute atomic E-state index is 0.00822. The minimum atomic E-state index is 0.00822. The second-order valence-corrected chi connectivity index (χ2v) is 5.21. The van der Waals surface area contributed by atoms with Gasteiger partial charge >= 0.3 is 0 Å². The quantitative estimate of drug-likeness (QED) is 0.897. The van der Waals surface area contributed by atoms with Crippen LogP contribution in [-0.2, 0) is 0 Å². The van der Waals surface area contributed by atoms with Gasteiger partial charge in [-0.05, 0) is 20.3 Å². The maximum absolute atomic E-state index is 12.5. The van der Waals surface area contributed by atoms with E-state index in [2.05, 4.69) is 19.9 Å². The molecule has 1 saturated heterocycles.